The van der Waals surface area contributed by atoms with Gasteiger partial charge in [0.1, 0.15) is 11.6 Å². The maximum atomic E-state index is 13.7. The van der Waals surface area contributed by atoms with Crippen LogP contribution in [0.3, 0.4) is 0 Å². The van der Waals surface area contributed by atoms with Crippen molar-refractivity contribution in [3.8, 4) is 16.9 Å². The summed E-state index contributed by atoms with van der Waals surface area (Å²) in [5, 5.41) is 0. The summed E-state index contributed by atoms with van der Waals surface area (Å²) >= 11 is 0. The summed E-state index contributed by atoms with van der Waals surface area (Å²) < 4.78 is 25.0. The number of hydrogen-bond acceptors (Lipinski definition) is 6. The first kappa shape index (κ1) is 29.3. The zero-order chi connectivity index (χ0) is 30.2. The van der Waals surface area contributed by atoms with Crippen LogP contribution < -0.4 is 4.74 Å². The molecular formula is C35H40FN3O4. The number of carbonyl (C=O) groups is 2. The first-order valence-electron chi connectivity index (χ1n) is 15.4. The van der Waals surface area contributed by atoms with Gasteiger partial charge < -0.3 is 14.4 Å². The third-order valence-electron chi connectivity index (χ3n) is 8.89. The Morgan fingerprint density at radius 2 is 1.77 bits per heavy atom. The molecule has 0 bridgehead atoms. The fourth-order valence-electron chi connectivity index (χ4n) is 6.60. The lowest BCUT2D eigenvalue weighted by atomic mass is 9.92. The smallest absolute Gasteiger partial charge is 0.339 e. The fraction of sp³-hybridized carbons (Fsp3) is 0.457. The van der Waals surface area contributed by atoms with Crippen LogP contribution in [0.25, 0.3) is 11.1 Å². The predicted molar refractivity (Wildman–Crippen MR) is 163 cm³/mol. The number of aromatic nitrogens is 1. The highest BCUT2D eigenvalue weighted by atomic mass is 19.1. The Bertz CT molecular complexity index is 1530. The third kappa shape index (κ3) is 6.16. The molecule has 2 aliphatic heterocycles. The van der Waals surface area contributed by atoms with Crippen LogP contribution in [-0.2, 0) is 17.7 Å². The molecule has 1 aliphatic carbocycles. The Kier molecular flexibility index (Phi) is 8.23. The molecule has 3 aromatic rings. The maximum Gasteiger partial charge on any atom is 0.339 e. The van der Waals surface area contributed by atoms with Crippen molar-refractivity contribution < 1.29 is 23.5 Å². The van der Waals surface area contributed by atoms with Gasteiger partial charge in [0.25, 0.3) is 5.91 Å². The van der Waals surface area contributed by atoms with Gasteiger partial charge in [-0.25, -0.2) is 9.18 Å². The number of nitrogens with zero attached hydrogens (tertiary/aromatic N) is 3. The summed E-state index contributed by atoms with van der Waals surface area (Å²) in [6.45, 7) is 9.09. The maximum absolute atomic E-state index is 13.7. The van der Waals surface area contributed by atoms with E-state index in [2.05, 4.69) is 22.0 Å². The van der Waals surface area contributed by atoms with Gasteiger partial charge in [-0.05, 0) is 93.3 Å². The number of esters is 1. The van der Waals surface area contributed by atoms with E-state index >= 15 is 0 Å². The molecule has 0 spiro atoms. The average molecular weight is 586 g/mol. The Morgan fingerprint density at radius 3 is 2.42 bits per heavy atom. The molecule has 3 heterocycles. The van der Waals surface area contributed by atoms with Gasteiger partial charge in [0.15, 0.2) is 0 Å². The van der Waals surface area contributed by atoms with Crippen LogP contribution in [0.15, 0.2) is 42.5 Å². The van der Waals surface area contributed by atoms with Gasteiger partial charge in [0.05, 0.1) is 35.7 Å². The Labute approximate surface area is 253 Å². The van der Waals surface area contributed by atoms with Crippen molar-refractivity contribution in [2.24, 2.45) is 0 Å². The monoisotopic (exact) mass is 585 g/mol. The minimum absolute atomic E-state index is 0.0206. The summed E-state index contributed by atoms with van der Waals surface area (Å²) in [5.41, 5.74) is 6.82. The Balaban J connectivity index is 1.17. The quantitative estimate of drug-likeness (QED) is 0.289. The molecule has 0 unspecified atom stereocenters. The Hall–Kier alpha value is -3.78. The van der Waals surface area contributed by atoms with Crippen molar-refractivity contribution in [2.45, 2.75) is 77.5 Å². The van der Waals surface area contributed by atoms with Crippen molar-refractivity contribution in [2.75, 3.05) is 26.7 Å². The number of methoxy groups -OCH3 is 1. The largest absolute Gasteiger partial charge is 0.490 e. The predicted octanol–water partition coefficient (Wildman–Crippen LogP) is 6.31. The average Bonchev–Trinajstić information content (AvgIpc) is 3.83. The third-order valence-corrected chi connectivity index (χ3v) is 8.89. The van der Waals surface area contributed by atoms with E-state index in [1.54, 1.807) is 13.0 Å². The normalized spacial score (nSPS) is 17.7. The van der Waals surface area contributed by atoms with Gasteiger partial charge in [-0.1, -0.05) is 18.2 Å². The molecule has 2 aromatic carbocycles. The van der Waals surface area contributed by atoms with Gasteiger partial charge in [-0.15, -0.1) is 0 Å². The highest BCUT2D eigenvalue weighted by Gasteiger charge is 2.34. The molecule has 0 atom stereocenters. The van der Waals surface area contributed by atoms with E-state index in [0.29, 0.717) is 35.7 Å². The molecule has 1 saturated carbocycles. The number of likely N-dealkylation sites (tertiary alicyclic amines) is 1. The molecule has 0 N–H and O–H groups in total. The second-order valence-electron chi connectivity index (χ2n) is 12.4. The van der Waals surface area contributed by atoms with E-state index < -0.39 is 5.97 Å². The number of hydrogen-bond donors (Lipinski definition) is 0. The van der Waals surface area contributed by atoms with Crippen molar-refractivity contribution in [3.63, 3.8) is 0 Å². The molecule has 8 heteroatoms. The van der Waals surface area contributed by atoms with Crippen molar-refractivity contribution >= 4 is 11.9 Å². The number of piperidine rings is 1. The van der Waals surface area contributed by atoms with Crippen LogP contribution in [0.1, 0.15) is 88.7 Å². The lowest BCUT2D eigenvalue weighted by molar-refractivity contribution is 0.0543. The lowest BCUT2D eigenvalue weighted by Crippen LogP contribution is -2.50. The summed E-state index contributed by atoms with van der Waals surface area (Å²) in [4.78, 5) is 34.8. The zero-order valence-corrected chi connectivity index (χ0v) is 25.5. The molecule has 7 nitrogen and oxygen atoms in total. The summed E-state index contributed by atoms with van der Waals surface area (Å²) in [6, 6.07) is 13.0. The zero-order valence-electron chi connectivity index (χ0n) is 25.5. The molecule has 0 radical (unpaired) electrons. The topological polar surface area (TPSA) is 72.0 Å². The number of halogens is 1. The fourth-order valence-corrected chi connectivity index (χ4v) is 6.60. The molecule has 1 amide bonds. The standard InChI is InChI=1S/C35H40FN3O4/c1-21(2)43-32-18-23(17-29(24-5-6-24)33(32)25-7-9-26(36)10-8-25)20-38-14-11-27(12-15-38)39-16-13-31-30(34(39)40)19-28(22(3)37-31)35(41)42-4/h7-10,17-19,21,24,27H,5-6,11-16,20H2,1-4H3. The molecular weight excluding hydrogens is 545 g/mol. The van der Waals surface area contributed by atoms with Crippen LogP contribution in [-0.4, -0.2) is 65.6 Å². The molecule has 2 fully saturated rings. The molecule has 6 rings (SSSR count). The van der Waals surface area contributed by atoms with Gasteiger partial charge in [-0.3, -0.25) is 14.7 Å². The van der Waals surface area contributed by atoms with E-state index in [9.17, 15) is 14.0 Å². The number of amides is 1. The highest BCUT2D eigenvalue weighted by molar-refractivity contribution is 6.00. The van der Waals surface area contributed by atoms with E-state index in [4.69, 9.17) is 9.47 Å². The van der Waals surface area contributed by atoms with Gasteiger partial charge >= 0.3 is 5.97 Å². The second kappa shape index (κ2) is 12.1. The highest BCUT2D eigenvalue weighted by Crippen LogP contribution is 2.48. The van der Waals surface area contributed by atoms with Crippen LogP contribution in [0.5, 0.6) is 5.75 Å². The number of pyridine rings is 1. The number of aryl methyl sites for hydroxylation is 1. The van der Waals surface area contributed by atoms with Crippen molar-refractivity contribution in [1.82, 2.24) is 14.8 Å². The van der Waals surface area contributed by atoms with Crippen LogP contribution in [0.2, 0.25) is 0 Å². The lowest BCUT2D eigenvalue weighted by Gasteiger charge is -2.40. The Morgan fingerprint density at radius 1 is 1.05 bits per heavy atom. The van der Waals surface area contributed by atoms with Crippen LogP contribution in [0, 0.1) is 12.7 Å². The van der Waals surface area contributed by atoms with Crippen LogP contribution in [0.4, 0.5) is 4.39 Å². The van der Waals surface area contributed by atoms with Crippen molar-refractivity contribution in [1.29, 1.82) is 0 Å². The number of fused-ring (bicyclic) bond motifs is 1. The first-order valence-corrected chi connectivity index (χ1v) is 15.4. The van der Waals surface area contributed by atoms with Crippen molar-refractivity contribution in [3.05, 3.63) is 81.9 Å². The van der Waals surface area contributed by atoms with Gasteiger partial charge in [0.2, 0.25) is 0 Å². The number of benzene rings is 2. The molecule has 3 aliphatic rings. The summed E-state index contributed by atoms with van der Waals surface area (Å²) in [5.74, 6) is 0.618. The number of ether oxygens (including phenoxy) is 2. The summed E-state index contributed by atoms with van der Waals surface area (Å²) in [7, 11) is 1.34. The number of carbonyl (C=O) groups excluding carboxylic acids is 2. The van der Waals surface area contributed by atoms with E-state index in [0.717, 1.165) is 67.9 Å². The number of rotatable bonds is 8. The van der Waals surface area contributed by atoms with Gasteiger partial charge in [-0.2, -0.15) is 0 Å². The van der Waals surface area contributed by atoms with Crippen LogP contribution >= 0.6 is 0 Å². The van der Waals surface area contributed by atoms with Gasteiger partial charge in [0, 0.05) is 44.2 Å². The first-order chi connectivity index (χ1) is 20.7. The molecule has 1 aromatic heterocycles. The molecule has 43 heavy (non-hydrogen) atoms. The SMILES string of the molecule is COC(=O)c1cc2c(nc1C)CCN(C1CCN(Cc3cc(OC(C)C)c(-c4ccc(F)cc4)c(C4CC4)c3)CC1)C2=O. The minimum Gasteiger partial charge on any atom is -0.490 e. The van der Waals surface area contributed by atoms with E-state index in [1.807, 2.05) is 30.9 Å². The summed E-state index contributed by atoms with van der Waals surface area (Å²) in [6.07, 6.45) is 4.81. The molecule has 226 valence electrons. The van der Waals surface area contributed by atoms with E-state index in [1.165, 1.54) is 30.4 Å². The molecule has 1 saturated heterocycles. The van der Waals surface area contributed by atoms with E-state index in [-0.39, 0.29) is 23.9 Å². The second-order valence-corrected chi connectivity index (χ2v) is 12.4. The minimum atomic E-state index is -0.469.